The molecule has 1 aromatic heterocycles. The molecule has 0 bridgehead atoms. The summed E-state index contributed by atoms with van der Waals surface area (Å²) in [7, 11) is -4.50. The van der Waals surface area contributed by atoms with Gasteiger partial charge in [-0.15, -0.1) is 24.8 Å². The highest BCUT2D eigenvalue weighted by molar-refractivity contribution is 7.92. The number of hydrogen-bond donors (Lipinski definition) is 3. The van der Waals surface area contributed by atoms with Gasteiger partial charge in [0.05, 0.1) is 11.9 Å². The first-order chi connectivity index (χ1) is 9.42. The van der Waals surface area contributed by atoms with Crippen molar-refractivity contribution < 1.29 is 21.6 Å². The van der Waals surface area contributed by atoms with Crippen LogP contribution in [0.1, 0.15) is 13.8 Å². The van der Waals surface area contributed by atoms with E-state index in [0.29, 0.717) is 12.4 Å². The van der Waals surface area contributed by atoms with Crippen LogP contribution in [0.25, 0.3) is 0 Å². The number of pyridine rings is 1. The number of alkyl halides is 3. The maximum atomic E-state index is 12.1. The fourth-order valence-corrected chi connectivity index (χ4v) is 2.34. The molecule has 0 unspecified atom stereocenters. The summed E-state index contributed by atoms with van der Waals surface area (Å²) in [6.45, 7) is 4.03. The first kappa shape index (κ1) is 24.3. The second-order valence-electron chi connectivity index (χ2n) is 5.12. The van der Waals surface area contributed by atoms with Gasteiger partial charge in [-0.05, 0) is 26.0 Å². The smallest absolute Gasteiger partial charge is 0.364 e. The van der Waals surface area contributed by atoms with E-state index in [9.17, 15) is 21.6 Å². The van der Waals surface area contributed by atoms with E-state index in [2.05, 4.69) is 10.3 Å². The molecule has 23 heavy (non-hydrogen) atoms. The zero-order valence-corrected chi connectivity index (χ0v) is 14.8. The molecule has 0 amide bonds. The molecule has 0 fully saturated rings. The highest BCUT2D eigenvalue weighted by Crippen LogP contribution is 2.20. The molecule has 0 aliphatic heterocycles. The second-order valence-corrected chi connectivity index (χ2v) is 6.84. The van der Waals surface area contributed by atoms with E-state index in [-0.39, 0.29) is 30.5 Å². The van der Waals surface area contributed by atoms with Crippen LogP contribution in [-0.4, -0.2) is 37.4 Å². The van der Waals surface area contributed by atoms with E-state index >= 15 is 0 Å². The Kier molecular flexibility index (Phi) is 9.25. The molecule has 6 nitrogen and oxygen atoms in total. The molecular formula is C11H19Cl2F3N4O2S. The van der Waals surface area contributed by atoms with Gasteiger partial charge in [0.15, 0.2) is 5.75 Å². The second kappa shape index (κ2) is 8.76. The van der Waals surface area contributed by atoms with Crippen LogP contribution in [-0.2, 0) is 10.0 Å². The summed E-state index contributed by atoms with van der Waals surface area (Å²) in [6.07, 6.45) is -3.67. The van der Waals surface area contributed by atoms with Crippen molar-refractivity contribution in [2.24, 2.45) is 5.73 Å². The Morgan fingerprint density at radius 2 is 1.78 bits per heavy atom. The van der Waals surface area contributed by atoms with Crippen molar-refractivity contribution in [3.63, 3.8) is 0 Å². The number of sulfonamides is 1. The standard InChI is InChI=1S/C11H17F3N4O2S.2ClH/c1-10(2,6-15)17-9-4-3-8(5-16-9)18-21(19,20)7-11(12,13)14;;/h3-5,18H,6-7,15H2,1-2H3,(H,16,17);2*1H. The molecular weight excluding hydrogens is 380 g/mol. The number of nitrogens with one attached hydrogen (secondary N) is 2. The summed E-state index contributed by atoms with van der Waals surface area (Å²) in [5, 5.41) is 3.00. The Bertz CT molecular complexity index is 580. The molecule has 136 valence electrons. The Labute approximate surface area is 145 Å². The molecule has 0 radical (unpaired) electrons. The largest absolute Gasteiger partial charge is 0.404 e. The van der Waals surface area contributed by atoms with E-state index < -0.39 is 27.5 Å². The molecule has 0 aliphatic rings. The minimum atomic E-state index is -4.80. The first-order valence-corrected chi connectivity index (χ1v) is 7.59. The lowest BCUT2D eigenvalue weighted by molar-refractivity contribution is -0.106. The van der Waals surface area contributed by atoms with E-state index in [4.69, 9.17) is 5.73 Å². The van der Waals surface area contributed by atoms with Gasteiger partial charge in [0.25, 0.3) is 0 Å². The van der Waals surface area contributed by atoms with E-state index in [1.54, 1.807) is 0 Å². The number of anilines is 2. The van der Waals surface area contributed by atoms with Crippen molar-refractivity contribution in [2.45, 2.75) is 25.6 Å². The average Bonchev–Trinajstić information content (AvgIpc) is 2.28. The van der Waals surface area contributed by atoms with Gasteiger partial charge in [0.2, 0.25) is 10.0 Å². The molecule has 1 aromatic rings. The first-order valence-electron chi connectivity index (χ1n) is 5.94. The molecule has 0 aromatic carbocycles. The zero-order valence-electron chi connectivity index (χ0n) is 12.3. The molecule has 12 heteroatoms. The number of halogens is 5. The van der Waals surface area contributed by atoms with Crippen LogP contribution < -0.4 is 15.8 Å². The van der Waals surface area contributed by atoms with E-state index in [0.717, 1.165) is 6.20 Å². The van der Waals surface area contributed by atoms with Gasteiger partial charge in [-0.25, -0.2) is 13.4 Å². The summed E-state index contributed by atoms with van der Waals surface area (Å²) < 4.78 is 60.6. The van der Waals surface area contributed by atoms with Crippen LogP contribution in [0.3, 0.4) is 0 Å². The van der Waals surface area contributed by atoms with Crippen LogP contribution >= 0.6 is 24.8 Å². The molecule has 1 rings (SSSR count). The molecule has 4 N–H and O–H groups in total. The molecule has 0 spiro atoms. The number of nitrogens with zero attached hydrogens (tertiary/aromatic N) is 1. The van der Waals surface area contributed by atoms with E-state index in [1.165, 1.54) is 12.1 Å². The summed E-state index contributed by atoms with van der Waals surface area (Å²) in [5.74, 6) is -1.51. The van der Waals surface area contributed by atoms with Gasteiger partial charge in [-0.1, -0.05) is 0 Å². The maximum Gasteiger partial charge on any atom is 0.404 e. The Balaban J connectivity index is 0. The fraction of sp³-hybridized carbons (Fsp3) is 0.545. The fourth-order valence-electron chi connectivity index (χ4n) is 1.36. The van der Waals surface area contributed by atoms with Crippen LogP contribution in [0.2, 0.25) is 0 Å². The van der Waals surface area contributed by atoms with Crippen molar-refractivity contribution >= 4 is 46.3 Å². The highest BCUT2D eigenvalue weighted by atomic mass is 35.5. The van der Waals surface area contributed by atoms with Crippen molar-refractivity contribution in [3.8, 4) is 0 Å². The maximum absolute atomic E-state index is 12.1. The summed E-state index contributed by atoms with van der Waals surface area (Å²) in [6, 6.07) is 2.76. The lowest BCUT2D eigenvalue weighted by Crippen LogP contribution is -2.39. The van der Waals surface area contributed by atoms with Crippen molar-refractivity contribution in [1.29, 1.82) is 0 Å². The van der Waals surface area contributed by atoms with Gasteiger partial charge in [-0.3, -0.25) is 4.72 Å². The summed E-state index contributed by atoms with van der Waals surface area (Å²) >= 11 is 0. The summed E-state index contributed by atoms with van der Waals surface area (Å²) in [5.41, 5.74) is 5.08. The van der Waals surface area contributed by atoms with Crippen LogP contribution in [0.15, 0.2) is 18.3 Å². The number of nitrogens with two attached hydrogens (primary N) is 1. The van der Waals surface area contributed by atoms with Crippen molar-refractivity contribution in [1.82, 2.24) is 4.98 Å². The number of aromatic nitrogens is 1. The molecule has 0 aliphatic carbocycles. The Morgan fingerprint density at radius 1 is 1.22 bits per heavy atom. The molecule has 0 saturated heterocycles. The lowest BCUT2D eigenvalue weighted by atomic mass is 10.1. The topological polar surface area (TPSA) is 97.1 Å². The number of hydrogen-bond acceptors (Lipinski definition) is 5. The predicted molar refractivity (Wildman–Crippen MR) is 89.0 cm³/mol. The predicted octanol–water partition coefficient (Wildman–Crippen LogP) is 2.38. The van der Waals surface area contributed by atoms with Gasteiger partial charge in [0, 0.05) is 12.1 Å². The van der Waals surface area contributed by atoms with Crippen molar-refractivity contribution in [3.05, 3.63) is 18.3 Å². The van der Waals surface area contributed by atoms with Gasteiger partial charge in [-0.2, -0.15) is 13.2 Å². The number of rotatable bonds is 6. The minimum absolute atomic E-state index is 0. The third-order valence-electron chi connectivity index (χ3n) is 2.37. The van der Waals surface area contributed by atoms with Gasteiger partial charge in [0.1, 0.15) is 5.82 Å². The monoisotopic (exact) mass is 398 g/mol. The third-order valence-corrected chi connectivity index (χ3v) is 3.62. The Morgan fingerprint density at radius 3 is 2.17 bits per heavy atom. The summed E-state index contributed by atoms with van der Waals surface area (Å²) in [4.78, 5) is 3.92. The Hall–Kier alpha value is -0.970. The average molecular weight is 399 g/mol. The van der Waals surface area contributed by atoms with Crippen LogP contribution in [0, 0.1) is 0 Å². The SMILES string of the molecule is CC(C)(CN)Nc1ccc(NS(=O)(=O)CC(F)(F)F)cn1.Cl.Cl. The quantitative estimate of drug-likeness (QED) is 0.683. The zero-order chi connectivity index (χ0) is 16.3. The minimum Gasteiger partial charge on any atom is -0.364 e. The van der Waals surface area contributed by atoms with Crippen molar-refractivity contribution in [2.75, 3.05) is 22.3 Å². The lowest BCUT2D eigenvalue weighted by Gasteiger charge is -2.24. The van der Waals surface area contributed by atoms with Gasteiger partial charge >= 0.3 is 6.18 Å². The van der Waals surface area contributed by atoms with Crippen LogP contribution in [0.5, 0.6) is 0 Å². The van der Waals surface area contributed by atoms with E-state index in [1.807, 2.05) is 18.6 Å². The normalized spacial score (nSPS) is 11.9. The highest BCUT2D eigenvalue weighted by Gasteiger charge is 2.35. The molecule has 0 atom stereocenters. The molecule has 0 saturated carbocycles. The third kappa shape index (κ3) is 9.69. The van der Waals surface area contributed by atoms with Crippen LogP contribution in [0.4, 0.5) is 24.7 Å². The van der Waals surface area contributed by atoms with Gasteiger partial charge < -0.3 is 11.1 Å². The molecule has 1 heterocycles.